The average Bonchev–Trinajstić information content (AvgIpc) is 3.00. The molecule has 1 aromatic rings. The van der Waals surface area contributed by atoms with Crippen LogP contribution in [-0.2, 0) is 4.79 Å². The summed E-state index contributed by atoms with van der Waals surface area (Å²) in [6, 6.07) is 1.95. The number of carbonyl (C=O) groups is 2. The number of urea groups is 1. The summed E-state index contributed by atoms with van der Waals surface area (Å²) in [7, 11) is 0. The Labute approximate surface area is 164 Å². The first-order chi connectivity index (χ1) is 13.1. The molecule has 2 aliphatic rings. The lowest BCUT2D eigenvalue weighted by molar-refractivity contribution is -0.185. The number of amides is 3. The number of alkyl halides is 3. The van der Waals surface area contributed by atoms with E-state index in [9.17, 15) is 27.2 Å². The van der Waals surface area contributed by atoms with Gasteiger partial charge in [0.2, 0.25) is 5.91 Å². The van der Waals surface area contributed by atoms with Gasteiger partial charge in [-0.2, -0.15) is 13.2 Å². The van der Waals surface area contributed by atoms with E-state index in [-0.39, 0.29) is 43.2 Å². The van der Waals surface area contributed by atoms with Gasteiger partial charge in [-0.1, -0.05) is 17.7 Å². The molecule has 1 aliphatic carbocycles. The zero-order valence-corrected chi connectivity index (χ0v) is 15.6. The molecule has 3 N–H and O–H groups in total. The Hall–Kier alpha value is -2.03. The molecule has 1 aromatic carbocycles. The number of hydrogen-bond acceptors (Lipinski definition) is 2. The van der Waals surface area contributed by atoms with Gasteiger partial charge in [0, 0.05) is 0 Å². The summed E-state index contributed by atoms with van der Waals surface area (Å²) in [6.07, 6.45) is -3.85. The van der Waals surface area contributed by atoms with E-state index in [1.54, 1.807) is 0 Å². The van der Waals surface area contributed by atoms with Crippen molar-refractivity contribution in [1.82, 2.24) is 10.2 Å². The molecule has 2 fully saturated rings. The molecule has 3 rings (SSSR count). The molecular weight excluding hydrogens is 402 g/mol. The summed E-state index contributed by atoms with van der Waals surface area (Å²) in [6.45, 7) is -0.00692. The molecule has 1 unspecified atom stereocenters. The quantitative estimate of drug-likeness (QED) is 0.726. The van der Waals surface area contributed by atoms with Crippen molar-refractivity contribution >= 4 is 23.5 Å². The van der Waals surface area contributed by atoms with Gasteiger partial charge in [0.1, 0.15) is 11.9 Å². The van der Waals surface area contributed by atoms with Crippen LogP contribution in [0.3, 0.4) is 0 Å². The largest absolute Gasteiger partial charge is 0.391 e. The second kappa shape index (κ2) is 7.77. The van der Waals surface area contributed by atoms with Crippen LogP contribution in [0.15, 0.2) is 18.2 Å². The third-order valence-corrected chi connectivity index (χ3v) is 5.87. The predicted molar refractivity (Wildman–Crippen MR) is 93.9 cm³/mol. The van der Waals surface area contributed by atoms with Crippen LogP contribution < -0.4 is 11.1 Å². The standard InChI is InChI=1S/C18H20ClF4N3O2/c19-12-7-10(3-6-13(12)20)15(26-8-14(16(24)27)25-17(26)28)9-1-4-11(5-2-9)18(21,22)23/h3,6-7,9,11,14-15H,1-2,4-5,8H2,(H2,24,27)(H,25,28)/t9?,11?,14?,15-/m1/s1. The molecule has 0 radical (unpaired) electrons. The van der Waals surface area contributed by atoms with Gasteiger partial charge < -0.3 is 16.0 Å². The SMILES string of the molecule is NC(=O)C1CN([C@@H](c2ccc(F)c(Cl)c2)C2CCC(C(F)(F)F)CC2)C(=O)N1. The van der Waals surface area contributed by atoms with Crippen LogP contribution >= 0.6 is 11.6 Å². The van der Waals surface area contributed by atoms with Crippen LogP contribution in [0, 0.1) is 17.7 Å². The summed E-state index contributed by atoms with van der Waals surface area (Å²) in [4.78, 5) is 25.3. The van der Waals surface area contributed by atoms with Gasteiger partial charge in [-0.05, 0) is 49.3 Å². The van der Waals surface area contributed by atoms with Gasteiger partial charge in [0.05, 0.1) is 23.5 Å². The van der Waals surface area contributed by atoms with Gasteiger partial charge >= 0.3 is 12.2 Å². The summed E-state index contributed by atoms with van der Waals surface area (Å²) in [5.41, 5.74) is 5.79. The highest BCUT2D eigenvalue weighted by molar-refractivity contribution is 6.30. The summed E-state index contributed by atoms with van der Waals surface area (Å²) in [5, 5.41) is 2.34. The van der Waals surface area contributed by atoms with Gasteiger partial charge in [-0.15, -0.1) is 0 Å². The second-order valence-corrected chi connectivity index (χ2v) is 7.74. The molecule has 1 heterocycles. The third-order valence-electron chi connectivity index (χ3n) is 5.58. The number of nitrogens with zero attached hydrogens (tertiary/aromatic N) is 1. The van der Waals surface area contributed by atoms with Crippen molar-refractivity contribution in [3.8, 4) is 0 Å². The number of carbonyl (C=O) groups excluding carboxylic acids is 2. The average molecular weight is 422 g/mol. The molecule has 28 heavy (non-hydrogen) atoms. The first kappa shape index (κ1) is 20.7. The van der Waals surface area contributed by atoms with E-state index in [1.165, 1.54) is 17.0 Å². The molecule has 1 saturated carbocycles. The van der Waals surface area contributed by atoms with Gasteiger partial charge in [-0.3, -0.25) is 4.79 Å². The number of hydrogen-bond donors (Lipinski definition) is 2. The molecule has 0 bridgehead atoms. The van der Waals surface area contributed by atoms with E-state index in [2.05, 4.69) is 5.32 Å². The Bertz CT molecular complexity index is 766. The minimum Gasteiger partial charge on any atom is -0.368 e. The monoisotopic (exact) mass is 421 g/mol. The number of nitrogens with two attached hydrogens (primary N) is 1. The highest BCUT2D eigenvalue weighted by Crippen LogP contribution is 2.45. The Kier molecular flexibility index (Phi) is 5.74. The Morgan fingerprint density at radius 1 is 1.25 bits per heavy atom. The highest BCUT2D eigenvalue weighted by atomic mass is 35.5. The van der Waals surface area contributed by atoms with E-state index in [0.29, 0.717) is 5.56 Å². The molecular formula is C18H20ClF4N3O2. The van der Waals surface area contributed by atoms with E-state index in [4.69, 9.17) is 17.3 Å². The zero-order valence-electron chi connectivity index (χ0n) is 14.8. The highest BCUT2D eigenvalue weighted by Gasteiger charge is 2.45. The van der Waals surface area contributed by atoms with Crippen LogP contribution in [0.25, 0.3) is 0 Å². The van der Waals surface area contributed by atoms with Crippen LogP contribution in [0.2, 0.25) is 5.02 Å². The van der Waals surface area contributed by atoms with Gasteiger partial charge in [0.25, 0.3) is 0 Å². The zero-order chi connectivity index (χ0) is 20.6. The number of halogens is 5. The predicted octanol–water partition coefficient (Wildman–Crippen LogP) is 3.77. The minimum absolute atomic E-state index is 0.00692. The molecule has 0 aromatic heterocycles. The molecule has 0 spiro atoms. The van der Waals surface area contributed by atoms with Crippen LogP contribution in [0.4, 0.5) is 22.4 Å². The number of benzene rings is 1. The van der Waals surface area contributed by atoms with E-state index < -0.39 is 41.9 Å². The second-order valence-electron chi connectivity index (χ2n) is 7.33. The first-order valence-electron chi connectivity index (χ1n) is 8.96. The summed E-state index contributed by atoms with van der Waals surface area (Å²) in [5.74, 6) is -2.98. The molecule has 1 saturated heterocycles. The summed E-state index contributed by atoms with van der Waals surface area (Å²) < 4.78 is 52.6. The van der Waals surface area contributed by atoms with Gasteiger partial charge in [-0.25, -0.2) is 9.18 Å². The molecule has 2 atom stereocenters. The maximum Gasteiger partial charge on any atom is 0.391 e. The van der Waals surface area contributed by atoms with E-state index >= 15 is 0 Å². The lowest BCUT2D eigenvalue weighted by atomic mass is 9.76. The molecule has 10 heteroatoms. The lowest BCUT2D eigenvalue weighted by Crippen LogP contribution is -2.39. The third kappa shape index (κ3) is 4.19. The fourth-order valence-electron chi connectivity index (χ4n) is 4.12. The Morgan fingerprint density at radius 2 is 1.89 bits per heavy atom. The normalized spacial score (nSPS) is 26.8. The van der Waals surface area contributed by atoms with Crippen molar-refractivity contribution in [3.05, 3.63) is 34.6 Å². The fraction of sp³-hybridized carbons (Fsp3) is 0.556. The van der Waals surface area contributed by atoms with Crippen LogP contribution in [0.1, 0.15) is 37.3 Å². The molecule has 154 valence electrons. The maximum absolute atomic E-state index is 13.6. The van der Waals surface area contributed by atoms with Crippen molar-refractivity contribution < 1.29 is 27.2 Å². The minimum atomic E-state index is -4.25. The number of nitrogens with one attached hydrogen (secondary N) is 1. The molecule has 5 nitrogen and oxygen atoms in total. The van der Waals surface area contributed by atoms with Crippen molar-refractivity contribution in [2.24, 2.45) is 17.6 Å². The molecule has 1 aliphatic heterocycles. The summed E-state index contributed by atoms with van der Waals surface area (Å²) >= 11 is 5.89. The van der Waals surface area contributed by atoms with Crippen molar-refractivity contribution in [2.75, 3.05) is 6.54 Å². The lowest BCUT2D eigenvalue weighted by Gasteiger charge is -2.39. The number of rotatable bonds is 4. The number of primary amides is 1. The Balaban J connectivity index is 1.89. The fourth-order valence-corrected chi connectivity index (χ4v) is 4.31. The van der Waals surface area contributed by atoms with Crippen LogP contribution in [0.5, 0.6) is 0 Å². The van der Waals surface area contributed by atoms with Crippen molar-refractivity contribution in [3.63, 3.8) is 0 Å². The van der Waals surface area contributed by atoms with Crippen LogP contribution in [-0.4, -0.2) is 35.6 Å². The Morgan fingerprint density at radius 3 is 2.39 bits per heavy atom. The van der Waals surface area contributed by atoms with Crippen molar-refractivity contribution in [2.45, 2.75) is 43.9 Å². The smallest absolute Gasteiger partial charge is 0.368 e. The topological polar surface area (TPSA) is 75.4 Å². The van der Waals surface area contributed by atoms with E-state index in [0.717, 1.165) is 6.07 Å². The molecule has 3 amide bonds. The first-order valence-corrected chi connectivity index (χ1v) is 9.34. The van der Waals surface area contributed by atoms with Gasteiger partial charge in [0.15, 0.2) is 0 Å². The van der Waals surface area contributed by atoms with E-state index in [1.807, 2.05) is 0 Å². The van der Waals surface area contributed by atoms with Crippen molar-refractivity contribution in [1.29, 1.82) is 0 Å². The maximum atomic E-state index is 13.6.